The number of thiophene rings is 1. The Kier molecular flexibility index (Phi) is 7.42. The standard InChI is InChI=1S/C24H23FN6O3S/c1-3-33-19-11-20(35-23(19)24(32)27-2)16-10-21(30-14-29-16)28-8-9-31-17-7-5-4-6-15(17)22(34-13-25)18(31)12-26/h4-7,10-11,14H,3,8-9,13H2,1-2H3,(H,27,32)(H,28,29,30). The molecular weight excluding hydrogens is 471 g/mol. The summed E-state index contributed by atoms with van der Waals surface area (Å²) in [7, 11) is 1.57. The first-order chi connectivity index (χ1) is 17.1. The lowest BCUT2D eigenvalue weighted by atomic mass is 10.2. The quantitative estimate of drug-likeness (QED) is 0.339. The van der Waals surface area contributed by atoms with Crippen LogP contribution in [0.5, 0.6) is 11.5 Å². The number of carbonyl (C=O) groups is 1. The van der Waals surface area contributed by atoms with E-state index in [-0.39, 0.29) is 17.4 Å². The van der Waals surface area contributed by atoms with Crippen molar-refractivity contribution >= 4 is 34.0 Å². The molecule has 0 aliphatic heterocycles. The average Bonchev–Trinajstić information content (AvgIpc) is 3.44. The minimum Gasteiger partial charge on any atom is -0.492 e. The Morgan fingerprint density at radius 2 is 2.09 bits per heavy atom. The van der Waals surface area contributed by atoms with Crippen LogP contribution in [0.3, 0.4) is 0 Å². The SMILES string of the molecule is CCOc1cc(-c2cc(NCCn3c(C#N)c(OCF)c4ccccc43)ncn2)sc1C(=O)NC. The maximum atomic E-state index is 12.9. The van der Waals surface area contributed by atoms with Crippen LogP contribution in [0.2, 0.25) is 0 Å². The molecule has 4 aromatic rings. The number of rotatable bonds is 10. The van der Waals surface area contributed by atoms with Crippen LogP contribution < -0.4 is 20.1 Å². The third-order valence-corrected chi connectivity index (χ3v) is 6.36. The minimum atomic E-state index is -1.01. The van der Waals surface area contributed by atoms with Crippen molar-refractivity contribution in [2.45, 2.75) is 13.5 Å². The van der Waals surface area contributed by atoms with Gasteiger partial charge >= 0.3 is 0 Å². The van der Waals surface area contributed by atoms with Gasteiger partial charge < -0.3 is 24.7 Å². The number of anilines is 1. The molecule has 0 fully saturated rings. The van der Waals surface area contributed by atoms with E-state index >= 15 is 0 Å². The molecule has 1 amide bonds. The number of ether oxygens (including phenoxy) is 2. The molecule has 0 aliphatic carbocycles. The molecule has 35 heavy (non-hydrogen) atoms. The lowest BCUT2D eigenvalue weighted by Gasteiger charge is -2.09. The number of nitrogens with one attached hydrogen (secondary N) is 2. The molecule has 2 N–H and O–H groups in total. The summed E-state index contributed by atoms with van der Waals surface area (Å²) in [4.78, 5) is 22.1. The Balaban J connectivity index is 1.54. The Labute approximate surface area is 205 Å². The number of alkyl halides is 1. The van der Waals surface area contributed by atoms with Crippen molar-refractivity contribution in [2.24, 2.45) is 0 Å². The van der Waals surface area contributed by atoms with E-state index in [0.29, 0.717) is 47.2 Å². The van der Waals surface area contributed by atoms with Gasteiger partial charge in [-0.2, -0.15) is 5.26 Å². The Morgan fingerprint density at radius 1 is 1.26 bits per heavy atom. The first-order valence-electron chi connectivity index (χ1n) is 10.9. The van der Waals surface area contributed by atoms with Gasteiger partial charge in [-0.05, 0) is 19.1 Å². The van der Waals surface area contributed by atoms with Gasteiger partial charge in [-0.15, -0.1) is 11.3 Å². The summed E-state index contributed by atoms with van der Waals surface area (Å²) < 4.78 is 25.4. The smallest absolute Gasteiger partial charge is 0.264 e. The summed E-state index contributed by atoms with van der Waals surface area (Å²) in [6.07, 6.45) is 1.44. The van der Waals surface area contributed by atoms with Gasteiger partial charge in [0, 0.05) is 37.7 Å². The first kappa shape index (κ1) is 24.0. The molecule has 9 nitrogen and oxygen atoms in total. The van der Waals surface area contributed by atoms with Gasteiger partial charge in [0.05, 0.1) is 22.7 Å². The Bertz CT molecular complexity index is 1390. The predicted octanol–water partition coefficient (Wildman–Crippen LogP) is 4.21. The number of fused-ring (bicyclic) bond motifs is 1. The van der Waals surface area contributed by atoms with Crippen LogP contribution in [0.25, 0.3) is 21.5 Å². The third kappa shape index (κ3) is 4.88. The minimum absolute atomic E-state index is 0.222. The number of para-hydroxylation sites is 1. The molecule has 0 aliphatic rings. The zero-order valence-corrected chi connectivity index (χ0v) is 20.0. The topological polar surface area (TPSA) is 114 Å². The molecule has 3 aromatic heterocycles. The van der Waals surface area contributed by atoms with Gasteiger partial charge in [0.2, 0.25) is 6.86 Å². The number of nitrogens with zero attached hydrogens (tertiary/aromatic N) is 4. The number of hydrogen-bond donors (Lipinski definition) is 2. The molecule has 1 aromatic carbocycles. The van der Waals surface area contributed by atoms with E-state index < -0.39 is 6.86 Å². The van der Waals surface area contributed by atoms with Gasteiger partial charge in [-0.1, -0.05) is 12.1 Å². The summed E-state index contributed by atoms with van der Waals surface area (Å²) in [6, 6.07) is 13.0. The van der Waals surface area contributed by atoms with E-state index in [9.17, 15) is 14.4 Å². The van der Waals surface area contributed by atoms with E-state index in [2.05, 4.69) is 26.7 Å². The van der Waals surface area contributed by atoms with Crippen molar-refractivity contribution in [3.05, 3.63) is 53.3 Å². The summed E-state index contributed by atoms with van der Waals surface area (Å²) in [6.45, 7) is 2.15. The zero-order chi connectivity index (χ0) is 24.8. The van der Waals surface area contributed by atoms with Crippen molar-refractivity contribution in [1.29, 1.82) is 5.26 Å². The van der Waals surface area contributed by atoms with Crippen molar-refractivity contribution in [3.63, 3.8) is 0 Å². The highest BCUT2D eigenvalue weighted by molar-refractivity contribution is 7.17. The van der Waals surface area contributed by atoms with E-state index in [1.165, 1.54) is 17.7 Å². The predicted molar refractivity (Wildman–Crippen MR) is 132 cm³/mol. The highest BCUT2D eigenvalue weighted by atomic mass is 32.1. The largest absolute Gasteiger partial charge is 0.492 e. The van der Waals surface area contributed by atoms with Crippen molar-refractivity contribution in [3.8, 4) is 28.1 Å². The monoisotopic (exact) mass is 494 g/mol. The summed E-state index contributed by atoms with van der Waals surface area (Å²) in [5.41, 5.74) is 1.69. The number of amides is 1. The molecule has 3 heterocycles. The number of carbonyl (C=O) groups excluding carboxylic acids is 1. The fraction of sp³-hybridized carbons (Fsp3) is 0.250. The van der Waals surface area contributed by atoms with Crippen LogP contribution in [0.4, 0.5) is 10.2 Å². The van der Waals surface area contributed by atoms with Crippen LogP contribution in [0.1, 0.15) is 22.3 Å². The first-order valence-corrected chi connectivity index (χ1v) is 11.7. The molecule has 11 heteroatoms. The molecular formula is C24H23FN6O3S. The summed E-state index contributed by atoms with van der Waals surface area (Å²) >= 11 is 1.29. The molecule has 0 unspecified atom stereocenters. The van der Waals surface area contributed by atoms with E-state index in [1.54, 1.807) is 29.8 Å². The number of aromatic nitrogens is 3. The highest BCUT2D eigenvalue weighted by Gasteiger charge is 2.19. The molecule has 0 radical (unpaired) electrons. The van der Waals surface area contributed by atoms with Crippen LogP contribution in [-0.2, 0) is 6.54 Å². The number of halogens is 1. The van der Waals surface area contributed by atoms with Gasteiger partial charge in [0.25, 0.3) is 5.91 Å². The molecule has 0 saturated carbocycles. The van der Waals surface area contributed by atoms with Gasteiger partial charge in [0.15, 0.2) is 11.4 Å². The van der Waals surface area contributed by atoms with Gasteiger partial charge in [0.1, 0.15) is 28.8 Å². The summed E-state index contributed by atoms with van der Waals surface area (Å²) in [5, 5.41) is 16.2. The number of nitriles is 1. The van der Waals surface area contributed by atoms with Crippen molar-refractivity contribution in [1.82, 2.24) is 19.9 Å². The normalized spacial score (nSPS) is 10.7. The Morgan fingerprint density at radius 3 is 2.83 bits per heavy atom. The van der Waals surface area contributed by atoms with E-state index in [1.807, 2.05) is 25.1 Å². The zero-order valence-electron chi connectivity index (χ0n) is 19.2. The highest BCUT2D eigenvalue weighted by Crippen LogP contribution is 2.36. The summed E-state index contributed by atoms with van der Waals surface area (Å²) in [5.74, 6) is 1.11. The molecule has 0 atom stereocenters. The second-order valence-corrected chi connectivity index (χ2v) is 8.30. The maximum Gasteiger partial charge on any atom is 0.264 e. The maximum absolute atomic E-state index is 12.9. The Hall–Kier alpha value is -4.17. The fourth-order valence-electron chi connectivity index (χ4n) is 3.74. The second-order valence-electron chi connectivity index (χ2n) is 7.24. The van der Waals surface area contributed by atoms with E-state index in [0.717, 1.165) is 10.4 Å². The van der Waals surface area contributed by atoms with Gasteiger partial charge in [-0.3, -0.25) is 4.79 Å². The second kappa shape index (κ2) is 10.8. The van der Waals surface area contributed by atoms with E-state index in [4.69, 9.17) is 9.47 Å². The molecule has 4 rings (SSSR count). The number of hydrogen-bond acceptors (Lipinski definition) is 8. The van der Waals surface area contributed by atoms with Crippen molar-refractivity contribution in [2.75, 3.05) is 32.4 Å². The van der Waals surface area contributed by atoms with Gasteiger partial charge in [-0.25, -0.2) is 14.4 Å². The van der Waals surface area contributed by atoms with Crippen LogP contribution in [-0.4, -0.2) is 47.5 Å². The molecule has 180 valence electrons. The molecule has 0 spiro atoms. The lowest BCUT2D eigenvalue weighted by Crippen LogP contribution is -2.17. The lowest BCUT2D eigenvalue weighted by molar-refractivity contribution is 0.0963. The van der Waals surface area contributed by atoms with Crippen LogP contribution in [0, 0.1) is 11.3 Å². The third-order valence-electron chi connectivity index (χ3n) is 5.22. The molecule has 0 saturated heterocycles. The van der Waals surface area contributed by atoms with Crippen LogP contribution in [0.15, 0.2) is 42.7 Å². The van der Waals surface area contributed by atoms with Crippen molar-refractivity contribution < 1.29 is 18.7 Å². The number of benzene rings is 1. The van der Waals surface area contributed by atoms with Crippen LogP contribution >= 0.6 is 11.3 Å². The average molecular weight is 495 g/mol. The fourth-order valence-corrected chi connectivity index (χ4v) is 4.75. The molecule has 0 bridgehead atoms.